The lowest BCUT2D eigenvalue weighted by Crippen LogP contribution is -2.56. The van der Waals surface area contributed by atoms with E-state index in [9.17, 15) is 24.3 Å². The average molecular weight is 733 g/mol. The topological polar surface area (TPSA) is 195 Å². The van der Waals surface area contributed by atoms with Crippen LogP contribution in [-0.2, 0) is 19.1 Å². The second kappa shape index (κ2) is 15.0. The van der Waals surface area contributed by atoms with Crippen molar-refractivity contribution in [2.75, 3.05) is 19.4 Å². The minimum absolute atomic E-state index is 0.0229. The number of thiazole rings is 1. The quantitative estimate of drug-likeness (QED) is 0.243. The normalized spacial score (nSPS) is 27.4. The monoisotopic (exact) mass is 732 g/mol. The summed E-state index contributed by atoms with van der Waals surface area (Å²) in [5.74, 6) is -1.44. The molecule has 5 N–H and O–H groups in total. The second-order valence-electron chi connectivity index (χ2n) is 14.1. The number of anilines is 1. The van der Waals surface area contributed by atoms with Gasteiger partial charge in [-0.05, 0) is 63.5 Å². The molecule has 4 aliphatic rings. The number of aliphatic carboxylic acids is 1. The highest BCUT2D eigenvalue weighted by molar-refractivity contribution is 7.13. The van der Waals surface area contributed by atoms with E-state index in [0.29, 0.717) is 51.8 Å². The molecule has 5 atom stereocenters. The summed E-state index contributed by atoms with van der Waals surface area (Å²) in [6, 6.07) is 5.16. The zero-order valence-electron chi connectivity index (χ0n) is 29.0. The summed E-state index contributed by atoms with van der Waals surface area (Å²) in [4.78, 5) is 64.8. The third kappa shape index (κ3) is 7.50. The van der Waals surface area contributed by atoms with Crippen LogP contribution in [0.2, 0.25) is 0 Å². The Kier molecular flexibility index (Phi) is 10.2. The van der Waals surface area contributed by atoms with E-state index in [1.165, 1.54) is 16.2 Å². The Labute approximate surface area is 305 Å². The predicted octanol–water partition coefficient (Wildman–Crippen LogP) is 4.81. The number of nitrogen functional groups attached to an aromatic ring is 1. The number of carbonyl (C=O) groups excluding carboxylic acids is 3. The zero-order chi connectivity index (χ0) is 36.4. The van der Waals surface area contributed by atoms with Crippen molar-refractivity contribution in [1.29, 1.82) is 0 Å². The van der Waals surface area contributed by atoms with E-state index in [2.05, 4.69) is 15.6 Å². The van der Waals surface area contributed by atoms with Gasteiger partial charge in [0.25, 0.3) is 0 Å². The number of allylic oxidation sites excluding steroid dienone is 1. The summed E-state index contributed by atoms with van der Waals surface area (Å²) in [7, 11) is 1.57. The largest absolute Gasteiger partial charge is 0.497 e. The van der Waals surface area contributed by atoms with Crippen molar-refractivity contribution in [3.8, 4) is 22.9 Å². The maximum atomic E-state index is 14.5. The molecule has 4 heterocycles. The number of amides is 3. The summed E-state index contributed by atoms with van der Waals surface area (Å²) in [5, 5.41) is 18.7. The van der Waals surface area contributed by atoms with Crippen LogP contribution < -0.4 is 25.8 Å². The molecular formula is C37H44N6O8S. The Morgan fingerprint density at radius 1 is 1.06 bits per heavy atom. The number of aromatic nitrogens is 2. The van der Waals surface area contributed by atoms with E-state index >= 15 is 0 Å². The lowest BCUT2D eigenvalue weighted by atomic mass is 10.0. The lowest BCUT2D eigenvalue weighted by Gasteiger charge is -2.29. The molecule has 0 unspecified atom stereocenters. The molecule has 1 saturated heterocycles. The van der Waals surface area contributed by atoms with Crippen molar-refractivity contribution in [2.45, 2.75) is 100 Å². The number of rotatable bonds is 7. The number of hydrogen-bond donors (Lipinski definition) is 4. The van der Waals surface area contributed by atoms with Gasteiger partial charge >= 0.3 is 12.1 Å². The molecule has 7 rings (SSSR count). The summed E-state index contributed by atoms with van der Waals surface area (Å²) in [6.45, 7) is 0.0229. The Morgan fingerprint density at radius 2 is 1.87 bits per heavy atom. The SMILES string of the molecule is COc1ccc2c(O[C@@H]3C[C@H]4C(=O)N[C@]5(C(=O)O)C[C@@H]5/C=C\CCCCC[C@H](NC(=O)OC5CCCC5)C(=O)N4C3)cc(-c3csc(N)n3)nc2c1. The fourth-order valence-corrected chi connectivity index (χ4v) is 8.15. The Balaban J connectivity index is 1.20. The van der Waals surface area contributed by atoms with Crippen LogP contribution in [0.15, 0.2) is 41.8 Å². The van der Waals surface area contributed by atoms with Gasteiger partial charge in [0.15, 0.2) is 5.13 Å². The van der Waals surface area contributed by atoms with Crippen LogP contribution >= 0.6 is 11.3 Å². The van der Waals surface area contributed by atoms with Crippen molar-refractivity contribution < 1.29 is 38.5 Å². The second-order valence-corrected chi connectivity index (χ2v) is 15.0. The highest BCUT2D eigenvalue weighted by atomic mass is 32.1. The molecule has 52 heavy (non-hydrogen) atoms. The highest BCUT2D eigenvalue weighted by Gasteiger charge is 2.61. The fraction of sp³-hybridized carbons (Fsp3) is 0.514. The molecule has 3 fully saturated rings. The van der Waals surface area contributed by atoms with E-state index in [1.54, 1.807) is 30.7 Å². The third-order valence-corrected chi connectivity index (χ3v) is 11.2. The molecule has 14 nitrogen and oxygen atoms in total. The maximum Gasteiger partial charge on any atom is 0.408 e. The van der Waals surface area contributed by atoms with Gasteiger partial charge in [-0.15, -0.1) is 11.3 Å². The van der Waals surface area contributed by atoms with Gasteiger partial charge in [-0.2, -0.15) is 0 Å². The van der Waals surface area contributed by atoms with Crippen molar-refractivity contribution in [2.24, 2.45) is 5.92 Å². The molecule has 2 aliphatic carbocycles. The minimum atomic E-state index is -1.45. The first-order chi connectivity index (χ1) is 25.1. The van der Waals surface area contributed by atoms with E-state index < -0.39 is 47.6 Å². The van der Waals surface area contributed by atoms with Crippen molar-refractivity contribution >= 4 is 51.2 Å². The number of carbonyl (C=O) groups is 4. The molecule has 0 radical (unpaired) electrons. The number of pyridine rings is 1. The van der Waals surface area contributed by atoms with Crippen molar-refractivity contribution in [3.05, 3.63) is 41.8 Å². The lowest BCUT2D eigenvalue weighted by molar-refractivity contribution is -0.145. The Hall–Kier alpha value is -4.92. The van der Waals surface area contributed by atoms with E-state index in [0.717, 1.165) is 44.9 Å². The molecule has 1 aromatic carbocycles. The Morgan fingerprint density at radius 3 is 2.62 bits per heavy atom. The number of nitrogens with zero attached hydrogens (tertiary/aromatic N) is 3. The van der Waals surface area contributed by atoms with E-state index in [-0.39, 0.29) is 31.4 Å². The first-order valence-corrected chi connectivity index (χ1v) is 18.9. The molecule has 276 valence electrons. The van der Waals surface area contributed by atoms with Gasteiger partial charge in [0.05, 0.1) is 24.9 Å². The Bertz CT molecular complexity index is 1880. The van der Waals surface area contributed by atoms with Crippen LogP contribution in [0.1, 0.15) is 70.6 Å². The average Bonchev–Trinajstić information content (AvgIpc) is 3.54. The highest BCUT2D eigenvalue weighted by Crippen LogP contribution is 2.45. The van der Waals surface area contributed by atoms with Gasteiger partial charge in [-0.3, -0.25) is 9.59 Å². The molecule has 0 bridgehead atoms. The zero-order valence-corrected chi connectivity index (χ0v) is 29.9. The number of nitrogens with one attached hydrogen (secondary N) is 2. The summed E-state index contributed by atoms with van der Waals surface area (Å²) < 4.78 is 17.7. The number of carboxylic acids is 1. The van der Waals surface area contributed by atoms with Gasteiger partial charge in [0, 0.05) is 35.2 Å². The van der Waals surface area contributed by atoms with Gasteiger partial charge in [-0.1, -0.05) is 25.0 Å². The fourth-order valence-electron chi connectivity index (χ4n) is 7.60. The molecule has 15 heteroatoms. The molecule has 3 aromatic rings. The van der Waals surface area contributed by atoms with E-state index in [1.807, 2.05) is 18.2 Å². The molecule has 2 aliphatic heterocycles. The number of benzene rings is 1. The maximum absolute atomic E-state index is 14.5. The molecule has 2 saturated carbocycles. The smallest absolute Gasteiger partial charge is 0.408 e. The van der Waals surface area contributed by atoms with Gasteiger partial charge in [0.1, 0.15) is 47.0 Å². The van der Waals surface area contributed by atoms with Gasteiger partial charge in [0.2, 0.25) is 11.8 Å². The number of nitrogens with two attached hydrogens (primary N) is 1. The number of ether oxygens (including phenoxy) is 3. The van der Waals surface area contributed by atoms with Crippen molar-refractivity contribution in [3.63, 3.8) is 0 Å². The van der Waals surface area contributed by atoms with Crippen molar-refractivity contribution in [1.82, 2.24) is 25.5 Å². The molecule has 2 aromatic heterocycles. The summed E-state index contributed by atoms with van der Waals surface area (Å²) in [5.41, 5.74) is 6.15. The summed E-state index contributed by atoms with van der Waals surface area (Å²) >= 11 is 1.28. The predicted molar refractivity (Wildman–Crippen MR) is 193 cm³/mol. The van der Waals surface area contributed by atoms with Crippen LogP contribution in [-0.4, -0.2) is 87.3 Å². The number of hydrogen-bond acceptors (Lipinski definition) is 11. The number of fused-ring (bicyclic) bond motifs is 3. The molecule has 0 spiro atoms. The third-order valence-electron chi connectivity index (χ3n) is 10.5. The molecular weight excluding hydrogens is 689 g/mol. The van der Waals surface area contributed by atoms with Gasteiger partial charge < -0.3 is 40.6 Å². The van der Waals surface area contributed by atoms with Crippen LogP contribution in [0.4, 0.5) is 9.93 Å². The first kappa shape index (κ1) is 35.5. The first-order valence-electron chi connectivity index (χ1n) is 18.0. The van der Waals surface area contributed by atoms with Crippen LogP contribution in [0.25, 0.3) is 22.3 Å². The van der Waals surface area contributed by atoms with Crippen LogP contribution in [0, 0.1) is 5.92 Å². The number of carboxylic acid groups (broad SMARTS) is 1. The number of methoxy groups -OCH3 is 1. The molecule has 3 amide bonds. The number of alkyl carbamates (subject to hydrolysis) is 1. The van der Waals surface area contributed by atoms with Crippen LogP contribution in [0.3, 0.4) is 0 Å². The minimum Gasteiger partial charge on any atom is -0.497 e. The van der Waals surface area contributed by atoms with E-state index in [4.69, 9.17) is 24.9 Å². The standard InChI is InChI=1S/C37H44N6O8S/c1-49-23-13-14-25-27(15-23)39-28(29-20-52-35(38)40-29)17-31(25)50-24-16-30-32(44)42-37(34(46)47)18-21(37)9-5-3-2-4-6-12-26(33(45)43(30)19-24)41-36(48)51-22-10-7-8-11-22/h5,9,13-15,17,20-22,24,26,30H,2-4,6-8,10-12,16,18-19H2,1H3,(H2,38,40)(H,41,48)(H,42,44)(H,46,47)/b9-5-/t21-,24+,26-,30-,37+/m0/s1. The van der Waals surface area contributed by atoms with Crippen LogP contribution in [0.5, 0.6) is 11.5 Å². The van der Waals surface area contributed by atoms with Gasteiger partial charge in [-0.25, -0.2) is 19.6 Å². The summed E-state index contributed by atoms with van der Waals surface area (Å²) in [6.07, 6.45) is 9.64.